The molecule has 8 heteroatoms. The lowest BCUT2D eigenvalue weighted by Crippen LogP contribution is -2.20. The second-order valence-electron chi connectivity index (χ2n) is 3.57. The Labute approximate surface area is 112 Å². The van der Waals surface area contributed by atoms with Gasteiger partial charge < -0.3 is 16.4 Å². The van der Waals surface area contributed by atoms with Crippen LogP contribution in [0.15, 0.2) is 5.51 Å². The van der Waals surface area contributed by atoms with E-state index in [0.29, 0.717) is 17.1 Å². The highest BCUT2D eigenvalue weighted by Crippen LogP contribution is 2.27. The zero-order chi connectivity index (χ0) is 13.1. The summed E-state index contributed by atoms with van der Waals surface area (Å²) in [6.45, 7) is 2.57. The van der Waals surface area contributed by atoms with Crippen LogP contribution in [0.2, 0.25) is 0 Å². The molecule has 0 aliphatic carbocycles. The van der Waals surface area contributed by atoms with E-state index >= 15 is 0 Å². The molecule has 18 heavy (non-hydrogen) atoms. The van der Waals surface area contributed by atoms with E-state index < -0.39 is 0 Å². The maximum atomic E-state index is 11.7. The summed E-state index contributed by atoms with van der Waals surface area (Å²) in [5.41, 5.74) is 8.88. The number of anilines is 2. The van der Waals surface area contributed by atoms with Crippen molar-refractivity contribution in [2.45, 2.75) is 13.5 Å². The second-order valence-corrected chi connectivity index (χ2v) is 5.28. The van der Waals surface area contributed by atoms with Crippen molar-refractivity contribution >= 4 is 39.6 Å². The molecule has 2 rings (SSSR count). The van der Waals surface area contributed by atoms with Gasteiger partial charge in [-0.3, -0.25) is 4.79 Å². The molecule has 0 unspecified atom stereocenters. The molecule has 96 valence electrons. The van der Waals surface area contributed by atoms with Crippen molar-refractivity contribution in [1.82, 2.24) is 14.7 Å². The number of carbonyl (C=O) groups is 1. The quantitative estimate of drug-likeness (QED) is 0.790. The molecule has 2 aromatic rings. The molecular formula is C10H13N5OS2. The first-order valence-electron chi connectivity index (χ1n) is 5.23. The van der Waals surface area contributed by atoms with E-state index in [1.807, 2.05) is 6.92 Å². The van der Waals surface area contributed by atoms with Crippen LogP contribution in [0, 0.1) is 6.92 Å². The minimum atomic E-state index is -0.232. The van der Waals surface area contributed by atoms with Gasteiger partial charge in [0, 0.05) is 11.9 Å². The summed E-state index contributed by atoms with van der Waals surface area (Å²) in [7, 11) is 1.57. The first-order chi connectivity index (χ1) is 8.63. The number of nitrogens with two attached hydrogens (primary N) is 1. The fraction of sp³-hybridized carbons (Fsp3) is 0.300. The summed E-state index contributed by atoms with van der Waals surface area (Å²) in [5, 5.41) is 6.41. The Morgan fingerprint density at radius 1 is 1.56 bits per heavy atom. The van der Waals surface area contributed by atoms with Crippen LogP contribution in [-0.2, 0) is 6.54 Å². The van der Waals surface area contributed by atoms with Gasteiger partial charge in [-0.25, -0.2) is 4.98 Å². The summed E-state index contributed by atoms with van der Waals surface area (Å²) in [6, 6.07) is 0. The number of hydrogen-bond acceptors (Lipinski definition) is 7. The second kappa shape index (κ2) is 5.32. The molecule has 2 aromatic heterocycles. The number of nitrogen functional groups attached to an aromatic ring is 1. The van der Waals surface area contributed by atoms with Crippen LogP contribution in [0.1, 0.15) is 20.9 Å². The minimum absolute atomic E-state index is 0.232. The molecule has 0 aliphatic rings. The SMILES string of the molecule is CNC(=O)c1c(N)nsc1NCc1scnc1C. The third-order valence-electron chi connectivity index (χ3n) is 2.43. The Morgan fingerprint density at radius 3 is 2.94 bits per heavy atom. The minimum Gasteiger partial charge on any atom is -0.382 e. The Hall–Kier alpha value is -1.67. The van der Waals surface area contributed by atoms with E-state index in [-0.39, 0.29) is 11.7 Å². The third-order valence-corrected chi connectivity index (χ3v) is 4.18. The fourth-order valence-electron chi connectivity index (χ4n) is 1.42. The average molecular weight is 283 g/mol. The van der Waals surface area contributed by atoms with Gasteiger partial charge in [-0.15, -0.1) is 11.3 Å². The molecule has 0 bridgehead atoms. The fourth-order valence-corrected chi connectivity index (χ4v) is 2.85. The van der Waals surface area contributed by atoms with Crippen molar-refractivity contribution in [3.05, 3.63) is 21.6 Å². The van der Waals surface area contributed by atoms with E-state index in [1.54, 1.807) is 23.9 Å². The van der Waals surface area contributed by atoms with Crippen LogP contribution >= 0.6 is 22.9 Å². The zero-order valence-corrected chi connectivity index (χ0v) is 11.6. The van der Waals surface area contributed by atoms with E-state index in [4.69, 9.17) is 5.73 Å². The Morgan fingerprint density at radius 2 is 2.33 bits per heavy atom. The number of aryl methyl sites for hydroxylation is 1. The molecule has 6 nitrogen and oxygen atoms in total. The van der Waals surface area contributed by atoms with E-state index in [9.17, 15) is 4.79 Å². The maximum Gasteiger partial charge on any atom is 0.257 e. The topological polar surface area (TPSA) is 92.9 Å². The van der Waals surface area contributed by atoms with Crippen molar-refractivity contribution in [3.8, 4) is 0 Å². The summed E-state index contributed by atoms with van der Waals surface area (Å²) >= 11 is 2.76. The number of nitrogens with one attached hydrogen (secondary N) is 2. The van der Waals surface area contributed by atoms with Gasteiger partial charge in [-0.2, -0.15) is 4.37 Å². The molecule has 2 heterocycles. The lowest BCUT2D eigenvalue weighted by molar-refractivity contribution is 0.0965. The Kier molecular flexibility index (Phi) is 3.78. The highest BCUT2D eigenvalue weighted by atomic mass is 32.1. The molecule has 1 amide bonds. The molecule has 0 saturated carbocycles. The smallest absolute Gasteiger partial charge is 0.257 e. The van der Waals surface area contributed by atoms with Crippen LogP contribution in [0.25, 0.3) is 0 Å². The first-order valence-corrected chi connectivity index (χ1v) is 6.88. The summed E-state index contributed by atoms with van der Waals surface area (Å²) in [4.78, 5) is 17.0. The largest absolute Gasteiger partial charge is 0.382 e. The molecule has 0 fully saturated rings. The number of carbonyl (C=O) groups excluding carboxylic acids is 1. The van der Waals surface area contributed by atoms with E-state index in [1.165, 1.54) is 11.5 Å². The Balaban J connectivity index is 2.15. The molecular weight excluding hydrogens is 270 g/mol. The number of thiazole rings is 1. The maximum absolute atomic E-state index is 11.7. The van der Waals surface area contributed by atoms with E-state index in [2.05, 4.69) is 20.0 Å². The van der Waals surface area contributed by atoms with Crippen molar-refractivity contribution in [3.63, 3.8) is 0 Å². The first kappa shape index (κ1) is 12.8. The molecule has 0 aromatic carbocycles. The average Bonchev–Trinajstić information content (AvgIpc) is 2.92. The summed E-state index contributed by atoms with van der Waals surface area (Å²) < 4.78 is 3.99. The normalized spacial score (nSPS) is 10.3. The van der Waals surface area contributed by atoms with Gasteiger partial charge in [-0.05, 0) is 18.5 Å². The molecule has 0 spiro atoms. The van der Waals surface area contributed by atoms with Gasteiger partial charge in [0.05, 0.1) is 17.7 Å². The molecule has 0 atom stereocenters. The van der Waals surface area contributed by atoms with Crippen molar-refractivity contribution < 1.29 is 4.79 Å². The molecule has 4 N–H and O–H groups in total. The van der Waals surface area contributed by atoms with Gasteiger partial charge in [0.1, 0.15) is 10.6 Å². The van der Waals surface area contributed by atoms with Gasteiger partial charge >= 0.3 is 0 Å². The predicted octanol–water partition coefficient (Wildman–Crippen LogP) is 1.46. The number of nitrogens with zero attached hydrogens (tertiary/aromatic N) is 2. The number of hydrogen-bond donors (Lipinski definition) is 3. The number of aromatic nitrogens is 2. The third kappa shape index (κ3) is 2.44. The van der Waals surface area contributed by atoms with Crippen molar-refractivity contribution in [1.29, 1.82) is 0 Å². The monoisotopic (exact) mass is 283 g/mol. The zero-order valence-electron chi connectivity index (χ0n) is 9.98. The predicted molar refractivity (Wildman–Crippen MR) is 74.1 cm³/mol. The number of amides is 1. The molecule has 0 saturated heterocycles. The van der Waals surface area contributed by atoms with Crippen LogP contribution in [0.4, 0.5) is 10.8 Å². The Bertz CT molecular complexity index is 562. The van der Waals surface area contributed by atoms with E-state index in [0.717, 1.165) is 10.6 Å². The van der Waals surface area contributed by atoms with Crippen LogP contribution in [0.3, 0.4) is 0 Å². The van der Waals surface area contributed by atoms with Crippen molar-refractivity contribution in [2.24, 2.45) is 0 Å². The lowest BCUT2D eigenvalue weighted by Gasteiger charge is -2.05. The van der Waals surface area contributed by atoms with Gasteiger partial charge in [-0.1, -0.05) is 0 Å². The highest BCUT2D eigenvalue weighted by Gasteiger charge is 2.18. The number of rotatable bonds is 4. The van der Waals surface area contributed by atoms with Crippen LogP contribution < -0.4 is 16.4 Å². The standard InChI is InChI=1S/C10H13N5OS2/c1-5-6(17-4-14-5)3-13-10-7(9(16)12-2)8(11)15-18-10/h4,13H,3H2,1-2H3,(H2,11,15)(H,12,16). The van der Waals surface area contributed by atoms with Gasteiger partial charge in [0.25, 0.3) is 5.91 Å². The summed E-state index contributed by atoms with van der Waals surface area (Å²) in [6.07, 6.45) is 0. The molecule has 0 radical (unpaired) electrons. The van der Waals surface area contributed by atoms with Crippen molar-refractivity contribution in [2.75, 3.05) is 18.1 Å². The molecule has 0 aliphatic heterocycles. The lowest BCUT2D eigenvalue weighted by atomic mass is 10.3. The summed E-state index contributed by atoms with van der Waals surface area (Å²) in [5.74, 6) is 0.0210. The van der Waals surface area contributed by atoms with Crippen LogP contribution in [-0.4, -0.2) is 22.3 Å². The highest BCUT2D eigenvalue weighted by molar-refractivity contribution is 7.11. The van der Waals surface area contributed by atoms with Gasteiger partial charge in [0.2, 0.25) is 0 Å². The van der Waals surface area contributed by atoms with Gasteiger partial charge in [0.15, 0.2) is 5.82 Å². The van der Waals surface area contributed by atoms with Crippen LogP contribution in [0.5, 0.6) is 0 Å².